The van der Waals surface area contributed by atoms with Crippen LogP contribution in [0, 0.1) is 0 Å². The lowest BCUT2D eigenvalue weighted by molar-refractivity contribution is 0.102. The van der Waals surface area contributed by atoms with Crippen LogP contribution in [-0.4, -0.2) is 43.4 Å². The van der Waals surface area contributed by atoms with Crippen LogP contribution in [-0.2, 0) is 6.42 Å². The van der Waals surface area contributed by atoms with Crippen LogP contribution in [0.25, 0.3) is 10.1 Å². The standard InChI is InChI=1S/C22H24N2OS.ClH/c1-17(25)22-16-19-20(8-5-9-21(19)26-22)24-14-12-23(13-15-24)11-10-18-6-3-2-4-7-18;/h2-9,16H,10-15H2,1H3;1H. The lowest BCUT2D eigenvalue weighted by Crippen LogP contribution is -2.47. The van der Waals surface area contributed by atoms with Crippen molar-refractivity contribution < 1.29 is 4.79 Å². The zero-order valence-corrected chi connectivity index (χ0v) is 17.2. The number of hydrogen-bond donors (Lipinski definition) is 0. The average Bonchev–Trinajstić information content (AvgIpc) is 3.12. The molecule has 1 saturated heterocycles. The topological polar surface area (TPSA) is 23.6 Å². The summed E-state index contributed by atoms with van der Waals surface area (Å²) in [5, 5.41) is 1.22. The fourth-order valence-corrected chi connectivity index (χ4v) is 4.62. The zero-order chi connectivity index (χ0) is 17.9. The van der Waals surface area contributed by atoms with Gasteiger partial charge in [-0.1, -0.05) is 36.4 Å². The molecule has 1 aliphatic heterocycles. The van der Waals surface area contributed by atoms with E-state index >= 15 is 0 Å². The maximum absolute atomic E-state index is 11.7. The molecule has 1 fully saturated rings. The fourth-order valence-electron chi connectivity index (χ4n) is 3.64. The van der Waals surface area contributed by atoms with Gasteiger partial charge >= 0.3 is 0 Å². The molecule has 0 radical (unpaired) electrons. The predicted octanol–water partition coefficient (Wildman–Crippen LogP) is 4.89. The van der Waals surface area contributed by atoms with Gasteiger partial charge in [-0.05, 0) is 37.1 Å². The quantitative estimate of drug-likeness (QED) is 0.569. The van der Waals surface area contributed by atoms with Gasteiger partial charge in [-0.25, -0.2) is 0 Å². The number of ketones is 1. The van der Waals surface area contributed by atoms with Gasteiger partial charge in [0.25, 0.3) is 0 Å². The van der Waals surface area contributed by atoms with Crippen molar-refractivity contribution in [1.29, 1.82) is 0 Å². The summed E-state index contributed by atoms with van der Waals surface area (Å²) in [5.74, 6) is 0.155. The van der Waals surface area contributed by atoms with Crippen molar-refractivity contribution >= 4 is 45.3 Å². The van der Waals surface area contributed by atoms with Gasteiger partial charge in [0.15, 0.2) is 5.78 Å². The van der Waals surface area contributed by atoms with Crippen molar-refractivity contribution in [2.75, 3.05) is 37.6 Å². The monoisotopic (exact) mass is 400 g/mol. The van der Waals surface area contributed by atoms with Crippen LogP contribution >= 0.6 is 23.7 Å². The maximum atomic E-state index is 11.7. The third-order valence-electron chi connectivity index (χ3n) is 5.16. The molecule has 0 bridgehead atoms. The second-order valence-corrected chi connectivity index (χ2v) is 8.00. The van der Waals surface area contributed by atoms with E-state index in [4.69, 9.17) is 0 Å². The first-order chi connectivity index (χ1) is 12.7. The fraction of sp³-hybridized carbons (Fsp3) is 0.318. The van der Waals surface area contributed by atoms with Crippen LogP contribution in [0.3, 0.4) is 0 Å². The smallest absolute Gasteiger partial charge is 0.169 e. The van der Waals surface area contributed by atoms with Crippen molar-refractivity contribution in [1.82, 2.24) is 4.90 Å². The predicted molar refractivity (Wildman–Crippen MR) is 118 cm³/mol. The molecular weight excluding hydrogens is 376 g/mol. The molecule has 0 unspecified atom stereocenters. The Kier molecular flexibility index (Phi) is 6.53. The van der Waals surface area contributed by atoms with Crippen LogP contribution in [0.15, 0.2) is 54.6 Å². The Morgan fingerprint density at radius 2 is 1.74 bits per heavy atom. The van der Waals surface area contributed by atoms with E-state index in [2.05, 4.69) is 64.4 Å². The summed E-state index contributed by atoms with van der Waals surface area (Å²) in [5.41, 5.74) is 2.68. The maximum Gasteiger partial charge on any atom is 0.169 e. The molecule has 1 aromatic heterocycles. The number of carbonyl (C=O) groups excluding carboxylic acids is 1. The third kappa shape index (κ3) is 4.52. The highest BCUT2D eigenvalue weighted by Gasteiger charge is 2.19. The van der Waals surface area contributed by atoms with Gasteiger partial charge in [0.1, 0.15) is 0 Å². The molecule has 0 spiro atoms. The second kappa shape index (κ2) is 8.87. The number of halogens is 1. The number of piperazine rings is 1. The molecule has 142 valence electrons. The van der Waals surface area contributed by atoms with E-state index in [0.717, 1.165) is 44.0 Å². The van der Waals surface area contributed by atoms with E-state index in [-0.39, 0.29) is 18.2 Å². The van der Waals surface area contributed by atoms with Crippen LogP contribution in [0.2, 0.25) is 0 Å². The zero-order valence-electron chi connectivity index (χ0n) is 15.6. The van der Waals surface area contributed by atoms with Crippen LogP contribution < -0.4 is 4.90 Å². The molecule has 3 nitrogen and oxygen atoms in total. The Morgan fingerprint density at radius 1 is 1.00 bits per heavy atom. The highest BCUT2D eigenvalue weighted by atomic mass is 35.5. The summed E-state index contributed by atoms with van der Waals surface area (Å²) in [7, 11) is 0. The number of rotatable bonds is 5. The first-order valence-corrected chi connectivity index (χ1v) is 10.1. The minimum Gasteiger partial charge on any atom is -0.368 e. The molecule has 0 saturated carbocycles. The SMILES string of the molecule is CC(=O)c1cc2c(N3CCN(CCc4ccccc4)CC3)cccc2s1.Cl. The minimum absolute atomic E-state index is 0. The molecule has 0 amide bonds. The average molecular weight is 401 g/mol. The molecule has 1 aliphatic rings. The highest BCUT2D eigenvalue weighted by Crippen LogP contribution is 2.34. The van der Waals surface area contributed by atoms with Gasteiger partial charge in [0.2, 0.25) is 0 Å². The van der Waals surface area contributed by atoms with Gasteiger partial charge in [-0.2, -0.15) is 0 Å². The molecule has 4 rings (SSSR count). The molecule has 0 atom stereocenters. The summed E-state index contributed by atoms with van der Waals surface area (Å²) in [6.07, 6.45) is 1.11. The van der Waals surface area contributed by atoms with Gasteiger partial charge in [-0.15, -0.1) is 23.7 Å². The van der Waals surface area contributed by atoms with Crippen molar-refractivity contribution in [3.8, 4) is 0 Å². The van der Waals surface area contributed by atoms with Gasteiger partial charge in [0.05, 0.1) is 4.88 Å². The molecule has 2 aromatic carbocycles. The number of fused-ring (bicyclic) bond motifs is 1. The van der Waals surface area contributed by atoms with Crippen LogP contribution in [0.1, 0.15) is 22.2 Å². The number of anilines is 1. The number of benzene rings is 2. The first kappa shape index (κ1) is 19.9. The largest absolute Gasteiger partial charge is 0.368 e. The van der Waals surface area contributed by atoms with E-state index in [0.29, 0.717) is 0 Å². The lowest BCUT2D eigenvalue weighted by atomic mass is 10.1. The first-order valence-electron chi connectivity index (χ1n) is 9.25. The summed E-state index contributed by atoms with van der Waals surface area (Å²) >= 11 is 1.60. The van der Waals surface area contributed by atoms with E-state index in [1.807, 2.05) is 0 Å². The summed E-state index contributed by atoms with van der Waals surface area (Å²) in [6.45, 7) is 7.03. The summed E-state index contributed by atoms with van der Waals surface area (Å²) in [4.78, 5) is 17.6. The normalized spacial score (nSPS) is 14.9. The van der Waals surface area contributed by atoms with E-state index in [9.17, 15) is 4.79 Å². The Hall–Kier alpha value is -1.88. The van der Waals surface area contributed by atoms with Crippen molar-refractivity contribution in [3.63, 3.8) is 0 Å². The number of thiophene rings is 1. The third-order valence-corrected chi connectivity index (χ3v) is 6.36. The molecule has 3 aromatic rings. The molecule has 0 N–H and O–H groups in total. The highest BCUT2D eigenvalue weighted by molar-refractivity contribution is 7.20. The van der Waals surface area contributed by atoms with Crippen molar-refractivity contribution in [2.45, 2.75) is 13.3 Å². The Labute approximate surface area is 171 Å². The molecule has 27 heavy (non-hydrogen) atoms. The number of Topliss-reactive ketones (excluding diaryl/α,β-unsaturated/α-hetero) is 1. The Morgan fingerprint density at radius 3 is 2.44 bits per heavy atom. The Balaban J connectivity index is 0.00000210. The van der Waals surface area contributed by atoms with Crippen molar-refractivity contribution in [2.24, 2.45) is 0 Å². The van der Waals surface area contributed by atoms with Gasteiger partial charge < -0.3 is 4.90 Å². The van der Waals surface area contributed by atoms with Crippen LogP contribution in [0.4, 0.5) is 5.69 Å². The van der Waals surface area contributed by atoms with Crippen molar-refractivity contribution in [3.05, 3.63) is 65.0 Å². The van der Waals surface area contributed by atoms with E-state index < -0.39 is 0 Å². The molecule has 0 aliphatic carbocycles. The van der Waals surface area contributed by atoms with Crippen LogP contribution in [0.5, 0.6) is 0 Å². The minimum atomic E-state index is 0. The summed E-state index contributed by atoms with van der Waals surface area (Å²) < 4.78 is 1.21. The van der Waals surface area contributed by atoms with Gasteiger partial charge in [-0.3, -0.25) is 9.69 Å². The number of nitrogens with zero attached hydrogens (tertiary/aromatic N) is 2. The Bertz CT molecular complexity index is 901. The number of carbonyl (C=O) groups is 1. The molecular formula is C22H25ClN2OS. The van der Waals surface area contributed by atoms with E-state index in [1.165, 1.54) is 21.3 Å². The van der Waals surface area contributed by atoms with E-state index in [1.54, 1.807) is 18.3 Å². The molecule has 5 heteroatoms. The van der Waals surface area contributed by atoms with Gasteiger partial charge in [0, 0.05) is 48.5 Å². The number of hydrogen-bond acceptors (Lipinski definition) is 4. The second-order valence-electron chi connectivity index (χ2n) is 6.92. The lowest BCUT2D eigenvalue weighted by Gasteiger charge is -2.36. The summed E-state index contributed by atoms with van der Waals surface area (Å²) in [6, 6.07) is 19.2. The molecule has 2 heterocycles.